The second kappa shape index (κ2) is 11.0. The van der Waals surface area contributed by atoms with E-state index in [-0.39, 0.29) is 22.2 Å². The number of oxime groups is 1. The number of carboxylic acid groups (broad SMARTS) is 1. The van der Waals surface area contributed by atoms with Gasteiger partial charge < -0.3 is 26.3 Å². The summed E-state index contributed by atoms with van der Waals surface area (Å²) in [6.07, 6.45) is 1.13. The largest absolute Gasteiger partial charge is 0.478 e. The number of hydrogen-bond donors (Lipinski definition) is 7. The first-order chi connectivity index (χ1) is 17.9. The molecule has 20 nitrogen and oxygen atoms in total. The number of carbonyl (C=O) groups excluding carboxylic acids is 2. The molecule has 23 heteroatoms. The highest BCUT2D eigenvalue weighted by Crippen LogP contribution is 2.26. The number of rotatable bonds is 12. The highest BCUT2D eigenvalue weighted by atomic mass is 32.2. The van der Waals surface area contributed by atoms with Crippen molar-refractivity contribution in [3.05, 3.63) is 23.0 Å². The number of β-lactam (4-membered cyclic amide) rings is 1. The normalized spacial score (nSPS) is 22.1. The number of thioether (sulfide) groups is 1. The number of nitrogens with two attached hydrogens (primary N) is 2. The maximum atomic E-state index is 13.1. The molecule has 1 aromatic heterocycles. The van der Waals surface area contributed by atoms with Crippen LogP contribution in [0, 0.1) is 0 Å². The Labute approximate surface area is 225 Å². The quantitative estimate of drug-likeness (QED) is 0.0508. The van der Waals surface area contributed by atoms with E-state index in [0.29, 0.717) is 0 Å². The number of aromatic nitrogens is 3. The maximum absolute atomic E-state index is 13.1. The molecule has 0 aromatic carbocycles. The van der Waals surface area contributed by atoms with Crippen LogP contribution in [-0.2, 0) is 52.8 Å². The number of nitrogens with one attached hydrogen (secondary N) is 3. The van der Waals surface area contributed by atoms with Gasteiger partial charge in [-0.3, -0.25) is 14.1 Å². The molecule has 39 heavy (non-hydrogen) atoms. The average molecular weight is 613 g/mol. The third-order valence-electron chi connectivity index (χ3n) is 5.07. The van der Waals surface area contributed by atoms with Crippen molar-refractivity contribution < 1.29 is 45.7 Å². The zero-order chi connectivity index (χ0) is 29.3. The zero-order valence-corrected chi connectivity index (χ0v) is 22.5. The lowest BCUT2D eigenvalue weighted by Crippen LogP contribution is -2.73. The lowest BCUT2D eigenvalue weighted by Gasteiger charge is -2.43. The minimum absolute atomic E-state index is 0.0295. The summed E-state index contributed by atoms with van der Waals surface area (Å²) in [7, 11) is -9.10. The number of carbonyl (C=O) groups is 3. The van der Waals surface area contributed by atoms with Gasteiger partial charge in [0.1, 0.15) is 17.6 Å². The first kappa shape index (κ1) is 30.2. The fourth-order valence-corrected chi connectivity index (χ4v) is 4.97. The Balaban J connectivity index is 1.83. The molecule has 1 fully saturated rings. The molecule has 1 aromatic rings. The molecule has 3 atom stereocenters. The number of aliphatic carboxylic acids is 1. The third kappa shape index (κ3) is 7.40. The predicted molar refractivity (Wildman–Crippen MR) is 131 cm³/mol. The first-order valence-corrected chi connectivity index (χ1v) is 14.4. The molecule has 2 amide bonds. The van der Waals surface area contributed by atoms with Gasteiger partial charge in [-0.1, -0.05) is 16.9 Å². The van der Waals surface area contributed by atoms with Gasteiger partial charge in [0, 0.05) is 5.41 Å². The molecule has 0 spiro atoms. The molecule has 3 unspecified atom stereocenters. The molecule has 2 aliphatic heterocycles. The minimum Gasteiger partial charge on any atom is -0.478 e. The van der Waals surface area contributed by atoms with Gasteiger partial charge in [-0.25, -0.2) is 14.2 Å². The van der Waals surface area contributed by atoms with E-state index < -0.39 is 73.7 Å². The van der Waals surface area contributed by atoms with Gasteiger partial charge in [-0.2, -0.15) is 36.6 Å². The standard InChI is InChI=1S/C16H24N10O10S3/c1-16(2,14(29)30)36-24-10(8-6-37-15(17)21-8)12(27)22-11-9(26(13(11)28)39(33,34)35)5-25-19-3-7(23-25)4-20-38(18,31)32/h3,6,9,11,15,20-21H,4-5,17H2,1-2H3,(H,22,27)(H,29,30)(H2,18,31,32)(H,33,34,35)/b24-10-. The van der Waals surface area contributed by atoms with Crippen LogP contribution in [0.5, 0.6) is 0 Å². The molecular formula is C16H24N10O10S3. The van der Waals surface area contributed by atoms with E-state index in [1.54, 1.807) is 0 Å². The lowest BCUT2D eigenvalue weighted by molar-refractivity contribution is -0.161. The van der Waals surface area contributed by atoms with Gasteiger partial charge in [0.15, 0.2) is 5.71 Å². The van der Waals surface area contributed by atoms with Gasteiger partial charge in [0.05, 0.1) is 30.7 Å². The summed E-state index contributed by atoms with van der Waals surface area (Å²) in [6, 6.07) is -2.97. The highest BCUT2D eigenvalue weighted by Gasteiger charge is 2.54. The second-order valence-corrected chi connectivity index (χ2v) is 12.1. The van der Waals surface area contributed by atoms with E-state index >= 15 is 0 Å². The van der Waals surface area contributed by atoms with Gasteiger partial charge in [-0.15, -0.1) is 0 Å². The summed E-state index contributed by atoms with van der Waals surface area (Å²) in [5, 5.41) is 31.9. The number of amides is 2. The van der Waals surface area contributed by atoms with Crippen LogP contribution in [0.2, 0.25) is 0 Å². The van der Waals surface area contributed by atoms with Crippen LogP contribution >= 0.6 is 11.8 Å². The van der Waals surface area contributed by atoms with Crippen molar-refractivity contribution >= 4 is 55.8 Å². The van der Waals surface area contributed by atoms with Crippen molar-refractivity contribution in [3.8, 4) is 0 Å². The summed E-state index contributed by atoms with van der Waals surface area (Å²) in [5.41, 5.74) is 2.81. The van der Waals surface area contributed by atoms with E-state index in [0.717, 1.165) is 22.8 Å². The molecule has 0 radical (unpaired) electrons. The maximum Gasteiger partial charge on any atom is 0.362 e. The zero-order valence-electron chi connectivity index (χ0n) is 20.1. The Hall–Kier alpha value is -3.35. The molecule has 9 N–H and O–H groups in total. The summed E-state index contributed by atoms with van der Waals surface area (Å²) >= 11 is 1.06. The number of carboxylic acids is 1. The van der Waals surface area contributed by atoms with E-state index in [2.05, 4.69) is 26.0 Å². The van der Waals surface area contributed by atoms with Crippen molar-refractivity contribution in [3.63, 3.8) is 0 Å². The topological polar surface area (TPSA) is 304 Å². The third-order valence-corrected chi connectivity index (χ3v) is 7.35. The van der Waals surface area contributed by atoms with Gasteiger partial charge in [0.2, 0.25) is 5.60 Å². The molecule has 216 valence electrons. The molecule has 0 saturated carbocycles. The fraction of sp³-hybridized carbons (Fsp3) is 0.500. The smallest absolute Gasteiger partial charge is 0.362 e. The molecule has 0 bridgehead atoms. The average Bonchev–Trinajstić information content (AvgIpc) is 3.43. The van der Waals surface area contributed by atoms with Crippen molar-refractivity contribution in [2.45, 2.75) is 50.1 Å². The van der Waals surface area contributed by atoms with Crippen LogP contribution in [0.25, 0.3) is 0 Å². The van der Waals surface area contributed by atoms with Gasteiger partial charge in [-0.05, 0) is 13.8 Å². The Kier molecular flexibility index (Phi) is 8.54. The fourth-order valence-electron chi connectivity index (χ4n) is 3.09. The summed E-state index contributed by atoms with van der Waals surface area (Å²) in [4.78, 5) is 43.0. The highest BCUT2D eigenvalue weighted by molar-refractivity contribution is 8.02. The van der Waals surface area contributed by atoms with Crippen LogP contribution < -0.4 is 26.2 Å². The van der Waals surface area contributed by atoms with Crippen molar-refractivity contribution in [1.82, 2.24) is 34.7 Å². The number of nitrogens with zero attached hydrogens (tertiary/aromatic N) is 5. The minimum atomic E-state index is -5.07. The van der Waals surface area contributed by atoms with Gasteiger partial charge >= 0.3 is 16.3 Å². The van der Waals surface area contributed by atoms with Crippen LogP contribution in [0.3, 0.4) is 0 Å². The van der Waals surface area contributed by atoms with E-state index in [9.17, 15) is 40.9 Å². The van der Waals surface area contributed by atoms with Crippen molar-refractivity contribution in [2.24, 2.45) is 16.0 Å². The van der Waals surface area contributed by atoms with Crippen LogP contribution in [0.1, 0.15) is 19.5 Å². The Morgan fingerprint density at radius 2 is 2.00 bits per heavy atom. The molecule has 0 aliphatic carbocycles. The number of hydrogen-bond acceptors (Lipinski definition) is 14. The lowest BCUT2D eigenvalue weighted by atomic mass is 9.98. The Morgan fingerprint density at radius 3 is 2.54 bits per heavy atom. The van der Waals surface area contributed by atoms with Crippen LogP contribution in [0.4, 0.5) is 0 Å². The van der Waals surface area contributed by atoms with Gasteiger partial charge in [0.25, 0.3) is 22.0 Å². The van der Waals surface area contributed by atoms with E-state index in [1.807, 2.05) is 4.72 Å². The summed E-state index contributed by atoms with van der Waals surface area (Å²) < 4.78 is 57.3. The predicted octanol–water partition coefficient (Wildman–Crippen LogP) is -4.27. The monoisotopic (exact) mass is 612 g/mol. The van der Waals surface area contributed by atoms with Crippen LogP contribution in [0.15, 0.2) is 22.5 Å². The second-order valence-electron chi connectivity index (χ2n) is 8.47. The van der Waals surface area contributed by atoms with Crippen molar-refractivity contribution in [1.29, 1.82) is 0 Å². The molecule has 1 saturated heterocycles. The van der Waals surface area contributed by atoms with Crippen LogP contribution in [-0.4, -0.2) is 92.5 Å². The first-order valence-electron chi connectivity index (χ1n) is 10.5. The summed E-state index contributed by atoms with van der Waals surface area (Å²) in [5.74, 6) is -3.67. The molecule has 2 aliphatic rings. The van der Waals surface area contributed by atoms with E-state index in [1.165, 1.54) is 19.3 Å². The molecular weight excluding hydrogens is 588 g/mol. The SMILES string of the molecule is CC(C)(O/N=C(\C(=O)NC1C(=O)N(S(=O)(=O)O)C1Cn1ncc(CNS(N)(=O)=O)n1)C1=CSC(N)N1)C(=O)O. The summed E-state index contributed by atoms with van der Waals surface area (Å²) in [6.45, 7) is 1.52. The van der Waals surface area contributed by atoms with Crippen molar-refractivity contribution in [2.75, 3.05) is 0 Å². The Bertz CT molecular complexity index is 1440. The molecule has 3 rings (SSSR count). The van der Waals surface area contributed by atoms with E-state index in [4.69, 9.17) is 15.7 Å². The Morgan fingerprint density at radius 1 is 1.33 bits per heavy atom. The molecule has 3 heterocycles.